The van der Waals surface area contributed by atoms with Crippen molar-refractivity contribution in [2.75, 3.05) is 13.7 Å². The molecule has 0 saturated carbocycles. The number of amides is 1. The number of hydrogen-bond donors (Lipinski definition) is 1. The summed E-state index contributed by atoms with van der Waals surface area (Å²) in [6, 6.07) is 2.76. The summed E-state index contributed by atoms with van der Waals surface area (Å²) in [5, 5.41) is 2.53. The normalized spacial score (nSPS) is 11.7. The highest BCUT2D eigenvalue weighted by molar-refractivity contribution is 9.10. The Morgan fingerprint density at radius 3 is 2.78 bits per heavy atom. The van der Waals surface area contributed by atoms with Crippen LogP contribution in [0.25, 0.3) is 0 Å². The monoisotopic (exact) mass is 316 g/mol. The molecule has 1 aromatic heterocycles. The van der Waals surface area contributed by atoms with Crippen LogP contribution in [0, 0.1) is 0 Å². The second kappa shape index (κ2) is 6.34. The highest BCUT2D eigenvalue weighted by Crippen LogP contribution is 2.01. The van der Waals surface area contributed by atoms with Gasteiger partial charge in [0.2, 0.25) is 0 Å². The lowest BCUT2D eigenvalue weighted by molar-refractivity contribution is -0.139. The fourth-order valence-corrected chi connectivity index (χ4v) is 1.53. The van der Waals surface area contributed by atoms with E-state index in [0.29, 0.717) is 0 Å². The van der Waals surface area contributed by atoms with E-state index in [0.717, 1.165) is 0 Å². The molecule has 0 bridgehead atoms. The van der Waals surface area contributed by atoms with Gasteiger partial charge in [0.05, 0.1) is 7.11 Å². The van der Waals surface area contributed by atoms with Crippen LogP contribution >= 0.6 is 15.9 Å². The Labute approximate surface area is 112 Å². The average molecular weight is 317 g/mol. The molecule has 0 spiro atoms. The predicted octanol–water partition coefficient (Wildman–Crippen LogP) is 0.0516. The van der Waals surface area contributed by atoms with Gasteiger partial charge in [0, 0.05) is 31.4 Å². The van der Waals surface area contributed by atoms with E-state index in [1.165, 1.54) is 30.0 Å². The molecule has 1 aromatic rings. The van der Waals surface area contributed by atoms with Gasteiger partial charge in [0.15, 0.2) is 0 Å². The molecular formula is C11H13BrN2O4. The summed E-state index contributed by atoms with van der Waals surface area (Å²) < 4.78 is 5.85. The first-order valence-corrected chi connectivity index (χ1v) is 6.04. The Kier molecular flexibility index (Phi) is 5.08. The minimum absolute atomic E-state index is 0.0840. The number of nitrogens with zero attached hydrogens (tertiary/aromatic N) is 1. The Morgan fingerprint density at radius 2 is 2.22 bits per heavy atom. The van der Waals surface area contributed by atoms with Crippen molar-refractivity contribution in [2.45, 2.75) is 4.83 Å². The number of carbonyl (C=O) groups is 2. The molecule has 1 unspecified atom stereocenters. The molecule has 0 saturated heterocycles. The van der Waals surface area contributed by atoms with E-state index in [1.807, 2.05) is 0 Å². The number of ether oxygens (including phenoxy) is 1. The number of halogens is 1. The molecule has 18 heavy (non-hydrogen) atoms. The first kappa shape index (κ1) is 14.4. The third-order valence-electron chi connectivity index (χ3n) is 2.27. The molecule has 7 heteroatoms. The molecule has 0 radical (unpaired) electrons. The smallest absolute Gasteiger partial charge is 0.321 e. The van der Waals surface area contributed by atoms with E-state index in [9.17, 15) is 14.4 Å². The SMILES string of the molecule is COC(=O)C(Br)CNC(=O)c1ccn(C)c(=O)c1. The summed E-state index contributed by atoms with van der Waals surface area (Å²) in [6.45, 7) is 0.0840. The van der Waals surface area contributed by atoms with Gasteiger partial charge in [-0.3, -0.25) is 14.4 Å². The van der Waals surface area contributed by atoms with Crippen molar-refractivity contribution < 1.29 is 14.3 Å². The molecule has 98 valence electrons. The zero-order valence-corrected chi connectivity index (χ0v) is 11.6. The first-order valence-electron chi connectivity index (χ1n) is 5.12. The second-order valence-electron chi connectivity index (χ2n) is 3.57. The van der Waals surface area contributed by atoms with Gasteiger partial charge in [0.1, 0.15) is 4.83 Å². The number of nitrogens with one attached hydrogen (secondary N) is 1. The Morgan fingerprint density at radius 1 is 1.56 bits per heavy atom. The lowest BCUT2D eigenvalue weighted by Gasteiger charge is -2.09. The minimum Gasteiger partial charge on any atom is -0.468 e. The fraction of sp³-hybridized carbons (Fsp3) is 0.364. The van der Waals surface area contributed by atoms with Crippen LogP contribution in [-0.4, -0.2) is 34.9 Å². The van der Waals surface area contributed by atoms with E-state index >= 15 is 0 Å². The molecule has 0 fully saturated rings. The molecule has 0 aliphatic rings. The van der Waals surface area contributed by atoms with Gasteiger partial charge < -0.3 is 14.6 Å². The topological polar surface area (TPSA) is 77.4 Å². The Bertz CT molecular complexity index is 512. The van der Waals surface area contributed by atoms with Crippen LogP contribution in [0.2, 0.25) is 0 Å². The summed E-state index contributed by atoms with van der Waals surface area (Å²) in [5.74, 6) is -0.889. The van der Waals surface area contributed by atoms with Crippen molar-refractivity contribution in [3.8, 4) is 0 Å². The van der Waals surface area contributed by atoms with Gasteiger partial charge >= 0.3 is 5.97 Å². The van der Waals surface area contributed by atoms with Gasteiger partial charge in [-0.25, -0.2) is 0 Å². The van der Waals surface area contributed by atoms with E-state index < -0.39 is 16.7 Å². The summed E-state index contributed by atoms with van der Waals surface area (Å²) >= 11 is 3.08. The maximum absolute atomic E-state index is 11.7. The third kappa shape index (κ3) is 3.69. The van der Waals surface area contributed by atoms with Crippen LogP contribution in [-0.2, 0) is 16.6 Å². The third-order valence-corrected chi connectivity index (χ3v) is 2.96. The molecule has 0 aromatic carbocycles. The van der Waals surface area contributed by atoms with E-state index in [4.69, 9.17) is 0 Å². The summed E-state index contributed by atoms with van der Waals surface area (Å²) in [6.07, 6.45) is 1.50. The summed E-state index contributed by atoms with van der Waals surface area (Å²) in [5.41, 5.74) is -0.0197. The number of esters is 1. The molecule has 1 heterocycles. The van der Waals surface area contributed by atoms with Crippen LogP contribution in [0.15, 0.2) is 23.1 Å². The highest BCUT2D eigenvalue weighted by atomic mass is 79.9. The zero-order valence-electron chi connectivity index (χ0n) is 9.97. The largest absolute Gasteiger partial charge is 0.468 e. The molecule has 1 atom stereocenters. The van der Waals surface area contributed by atoms with Gasteiger partial charge in [-0.2, -0.15) is 0 Å². The Balaban J connectivity index is 2.63. The van der Waals surface area contributed by atoms with Crippen molar-refractivity contribution in [1.29, 1.82) is 0 Å². The summed E-state index contributed by atoms with van der Waals surface area (Å²) in [7, 11) is 2.86. The number of hydrogen-bond acceptors (Lipinski definition) is 4. The molecule has 6 nitrogen and oxygen atoms in total. The van der Waals surface area contributed by atoms with Gasteiger partial charge in [-0.15, -0.1) is 0 Å². The number of carbonyl (C=O) groups excluding carboxylic acids is 2. The fourth-order valence-electron chi connectivity index (χ4n) is 1.19. The van der Waals surface area contributed by atoms with E-state index in [1.54, 1.807) is 7.05 Å². The molecule has 1 N–H and O–H groups in total. The van der Waals surface area contributed by atoms with Crippen LogP contribution in [0.4, 0.5) is 0 Å². The number of pyridine rings is 1. The molecule has 1 amide bonds. The van der Waals surface area contributed by atoms with Crippen molar-refractivity contribution in [3.63, 3.8) is 0 Å². The lowest BCUT2D eigenvalue weighted by Crippen LogP contribution is -2.34. The van der Waals surface area contributed by atoms with Gasteiger partial charge in [-0.05, 0) is 6.07 Å². The predicted molar refractivity (Wildman–Crippen MR) is 68.7 cm³/mol. The van der Waals surface area contributed by atoms with E-state index in [2.05, 4.69) is 26.0 Å². The first-order chi connectivity index (χ1) is 8.45. The molecule has 0 aliphatic carbocycles. The van der Waals surface area contributed by atoms with Crippen molar-refractivity contribution in [2.24, 2.45) is 7.05 Å². The second-order valence-corrected chi connectivity index (χ2v) is 4.67. The van der Waals surface area contributed by atoms with E-state index in [-0.39, 0.29) is 17.7 Å². The van der Waals surface area contributed by atoms with Crippen LogP contribution < -0.4 is 10.9 Å². The zero-order chi connectivity index (χ0) is 13.7. The lowest BCUT2D eigenvalue weighted by atomic mass is 10.2. The van der Waals surface area contributed by atoms with Crippen LogP contribution in [0.3, 0.4) is 0 Å². The number of aromatic nitrogens is 1. The van der Waals surface area contributed by atoms with Crippen molar-refractivity contribution in [1.82, 2.24) is 9.88 Å². The Hall–Kier alpha value is -1.63. The maximum Gasteiger partial charge on any atom is 0.321 e. The minimum atomic E-state index is -0.613. The highest BCUT2D eigenvalue weighted by Gasteiger charge is 2.16. The van der Waals surface area contributed by atoms with Crippen LogP contribution in [0.5, 0.6) is 0 Å². The molecule has 0 aliphatic heterocycles. The quantitative estimate of drug-likeness (QED) is 0.629. The molecular weight excluding hydrogens is 304 g/mol. The maximum atomic E-state index is 11.7. The standard InChI is InChI=1S/C11H13BrN2O4/c1-14-4-3-7(5-9(14)15)10(16)13-6-8(12)11(17)18-2/h3-5,8H,6H2,1-2H3,(H,13,16). The number of alkyl halides is 1. The molecule has 1 rings (SSSR count). The average Bonchev–Trinajstić information content (AvgIpc) is 2.37. The summed E-state index contributed by atoms with van der Waals surface area (Å²) in [4.78, 5) is 33.5. The number of rotatable bonds is 4. The number of methoxy groups -OCH3 is 1. The van der Waals surface area contributed by atoms with Gasteiger partial charge in [0.25, 0.3) is 11.5 Å². The van der Waals surface area contributed by atoms with Crippen LogP contribution in [0.1, 0.15) is 10.4 Å². The van der Waals surface area contributed by atoms with Gasteiger partial charge in [-0.1, -0.05) is 15.9 Å². The van der Waals surface area contributed by atoms with Crippen molar-refractivity contribution in [3.05, 3.63) is 34.2 Å². The number of aryl methyl sites for hydroxylation is 1. The van der Waals surface area contributed by atoms with Crippen molar-refractivity contribution >= 4 is 27.8 Å².